The molecular weight excluding hydrogens is 354 g/mol. The van der Waals surface area contributed by atoms with Gasteiger partial charge in [-0.3, -0.25) is 4.79 Å². The van der Waals surface area contributed by atoms with Crippen LogP contribution in [0.5, 0.6) is 11.5 Å². The van der Waals surface area contributed by atoms with E-state index in [9.17, 15) is 4.79 Å². The predicted molar refractivity (Wildman–Crippen MR) is 109 cm³/mol. The van der Waals surface area contributed by atoms with Crippen LogP contribution in [0.1, 0.15) is 22.8 Å². The van der Waals surface area contributed by atoms with Crippen molar-refractivity contribution in [2.45, 2.75) is 13.3 Å². The van der Waals surface area contributed by atoms with E-state index in [1.807, 2.05) is 12.1 Å². The van der Waals surface area contributed by atoms with Crippen molar-refractivity contribution in [3.8, 4) is 11.5 Å². The van der Waals surface area contributed by atoms with E-state index < -0.39 is 0 Å². The number of rotatable bonds is 5. The van der Waals surface area contributed by atoms with E-state index in [0.29, 0.717) is 41.8 Å². The number of hydrogen-bond acceptors (Lipinski definition) is 5. The number of fused-ring (bicyclic) bond motifs is 1. The average Bonchev–Trinajstić information content (AvgIpc) is 2.75. The highest BCUT2D eigenvalue weighted by Crippen LogP contribution is 2.32. The predicted octanol–water partition coefficient (Wildman–Crippen LogP) is 4.41. The molecule has 0 fully saturated rings. The van der Waals surface area contributed by atoms with Gasteiger partial charge in [-0.25, -0.2) is 4.98 Å². The fraction of sp³-hybridized carbons (Fsp3) is 0.182. The summed E-state index contributed by atoms with van der Waals surface area (Å²) in [5, 5.41) is 6.09. The third kappa shape index (κ3) is 4.06. The molecule has 28 heavy (non-hydrogen) atoms. The van der Waals surface area contributed by atoms with Crippen molar-refractivity contribution in [1.82, 2.24) is 4.98 Å². The van der Waals surface area contributed by atoms with Gasteiger partial charge in [0.15, 0.2) is 11.5 Å². The first-order valence-electron chi connectivity index (χ1n) is 9.24. The number of pyridine rings is 1. The number of ether oxygens (including phenoxy) is 2. The topological polar surface area (TPSA) is 72.5 Å². The van der Waals surface area contributed by atoms with Gasteiger partial charge < -0.3 is 20.1 Å². The van der Waals surface area contributed by atoms with Gasteiger partial charge in [0, 0.05) is 23.6 Å². The van der Waals surface area contributed by atoms with Crippen LogP contribution in [0, 0.1) is 0 Å². The summed E-state index contributed by atoms with van der Waals surface area (Å²) in [6.07, 6.45) is 2.56. The van der Waals surface area contributed by atoms with E-state index in [1.54, 1.807) is 36.5 Å². The Bertz CT molecular complexity index is 969. The maximum absolute atomic E-state index is 12.5. The Morgan fingerprint density at radius 1 is 0.964 bits per heavy atom. The first-order chi connectivity index (χ1) is 13.7. The zero-order chi connectivity index (χ0) is 19.3. The van der Waals surface area contributed by atoms with Crippen molar-refractivity contribution in [1.29, 1.82) is 0 Å². The van der Waals surface area contributed by atoms with Gasteiger partial charge in [0.1, 0.15) is 19.0 Å². The highest BCUT2D eigenvalue weighted by atomic mass is 16.6. The molecule has 1 aromatic heterocycles. The van der Waals surface area contributed by atoms with Crippen molar-refractivity contribution in [3.05, 3.63) is 71.9 Å². The Balaban J connectivity index is 1.40. The molecule has 0 spiro atoms. The summed E-state index contributed by atoms with van der Waals surface area (Å²) >= 11 is 0. The third-order valence-electron chi connectivity index (χ3n) is 4.46. The Kier molecular flexibility index (Phi) is 5.10. The molecule has 0 radical (unpaired) electrons. The van der Waals surface area contributed by atoms with E-state index in [1.165, 1.54) is 5.56 Å². The third-order valence-corrected chi connectivity index (χ3v) is 4.46. The molecule has 2 aromatic carbocycles. The maximum Gasteiger partial charge on any atom is 0.257 e. The van der Waals surface area contributed by atoms with Crippen LogP contribution in [0.2, 0.25) is 0 Å². The molecule has 6 nitrogen and oxygen atoms in total. The van der Waals surface area contributed by atoms with E-state index >= 15 is 0 Å². The molecule has 0 aliphatic carbocycles. The molecule has 142 valence electrons. The van der Waals surface area contributed by atoms with Crippen molar-refractivity contribution in [3.63, 3.8) is 0 Å². The van der Waals surface area contributed by atoms with Crippen molar-refractivity contribution in [2.24, 2.45) is 0 Å². The summed E-state index contributed by atoms with van der Waals surface area (Å²) < 4.78 is 11.0. The van der Waals surface area contributed by atoms with E-state index in [-0.39, 0.29) is 5.91 Å². The molecular formula is C22H21N3O3. The summed E-state index contributed by atoms with van der Waals surface area (Å²) in [5.74, 6) is 1.77. The molecule has 0 saturated carbocycles. The Labute approximate surface area is 163 Å². The number of hydrogen-bond donors (Lipinski definition) is 2. The fourth-order valence-electron chi connectivity index (χ4n) is 2.90. The largest absolute Gasteiger partial charge is 0.486 e. The number of aromatic nitrogens is 1. The highest BCUT2D eigenvalue weighted by molar-refractivity contribution is 6.04. The Hall–Kier alpha value is -3.54. The second-order valence-electron chi connectivity index (χ2n) is 6.42. The second kappa shape index (κ2) is 8.00. The number of nitrogens with one attached hydrogen (secondary N) is 2. The zero-order valence-electron chi connectivity index (χ0n) is 15.6. The fourth-order valence-corrected chi connectivity index (χ4v) is 2.90. The molecule has 0 atom stereocenters. The quantitative estimate of drug-likeness (QED) is 0.691. The molecule has 6 heteroatoms. The number of anilines is 3. The van der Waals surface area contributed by atoms with Crippen LogP contribution < -0.4 is 20.1 Å². The maximum atomic E-state index is 12.5. The van der Waals surface area contributed by atoms with Gasteiger partial charge in [-0.2, -0.15) is 0 Å². The summed E-state index contributed by atoms with van der Waals surface area (Å²) in [6, 6.07) is 17.1. The van der Waals surface area contributed by atoms with E-state index in [2.05, 4.69) is 34.7 Å². The number of nitrogens with zero attached hydrogens (tertiary/aromatic N) is 1. The van der Waals surface area contributed by atoms with Gasteiger partial charge in [-0.05, 0) is 48.4 Å². The van der Waals surface area contributed by atoms with Crippen molar-refractivity contribution in [2.75, 3.05) is 23.8 Å². The van der Waals surface area contributed by atoms with Crippen LogP contribution in [0.25, 0.3) is 0 Å². The van der Waals surface area contributed by atoms with Crippen LogP contribution in [0.3, 0.4) is 0 Å². The number of aryl methyl sites for hydroxylation is 1. The molecule has 0 bridgehead atoms. The SMILES string of the molecule is CCc1ccc(Nc2ccc(C(=O)Nc3ccc4c(c3)OCCO4)cn2)cc1. The van der Waals surface area contributed by atoms with Gasteiger partial charge in [-0.15, -0.1) is 0 Å². The van der Waals surface area contributed by atoms with Crippen LogP contribution in [-0.4, -0.2) is 24.1 Å². The van der Waals surface area contributed by atoms with Crippen LogP contribution in [0.4, 0.5) is 17.2 Å². The number of carbonyl (C=O) groups is 1. The average molecular weight is 375 g/mol. The van der Waals surface area contributed by atoms with E-state index in [0.717, 1.165) is 12.1 Å². The van der Waals surface area contributed by atoms with Gasteiger partial charge >= 0.3 is 0 Å². The Morgan fingerprint density at radius 2 is 1.71 bits per heavy atom. The number of amides is 1. The van der Waals surface area contributed by atoms with Crippen LogP contribution >= 0.6 is 0 Å². The summed E-state index contributed by atoms with van der Waals surface area (Å²) in [5.41, 5.74) is 3.36. The molecule has 3 aromatic rings. The van der Waals surface area contributed by atoms with Gasteiger partial charge in [0.2, 0.25) is 0 Å². The lowest BCUT2D eigenvalue weighted by atomic mass is 10.1. The van der Waals surface area contributed by atoms with Gasteiger partial charge in [0.25, 0.3) is 5.91 Å². The summed E-state index contributed by atoms with van der Waals surface area (Å²) in [6.45, 7) is 3.16. The summed E-state index contributed by atoms with van der Waals surface area (Å²) in [7, 11) is 0. The molecule has 0 unspecified atom stereocenters. The first-order valence-corrected chi connectivity index (χ1v) is 9.24. The minimum Gasteiger partial charge on any atom is -0.486 e. The van der Waals surface area contributed by atoms with Crippen LogP contribution in [-0.2, 0) is 6.42 Å². The normalized spacial score (nSPS) is 12.3. The molecule has 1 amide bonds. The molecule has 4 rings (SSSR count). The standard InChI is InChI=1S/C22H21N3O3/c1-2-15-3-6-17(7-4-15)24-21-10-5-16(14-23-21)22(26)25-18-8-9-19-20(13-18)28-12-11-27-19/h3-10,13-14H,2,11-12H2,1H3,(H,23,24)(H,25,26). The minimum absolute atomic E-state index is 0.233. The van der Waals surface area contributed by atoms with Crippen molar-refractivity contribution >= 4 is 23.1 Å². The van der Waals surface area contributed by atoms with Gasteiger partial charge in [0.05, 0.1) is 5.56 Å². The molecule has 1 aliphatic rings. The molecule has 0 saturated heterocycles. The summed E-state index contributed by atoms with van der Waals surface area (Å²) in [4.78, 5) is 16.8. The number of benzene rings is 2. The minimum atomic E-state index is -0.233. The molecule has 2 N–H and O–H groups in total. The van der Waals surface area contributed by atoms with Crippen molar-refractivity contribution < 1.29 is 14.3 Å². The Morgan fingerprint density at radius 3 is 2.43 bits per heavy atom. The smallest absolute Gasteiger partial charge is 0.257 e. The zero-order valence-corrected chi connectivity index (χ0v) is 15.6. The highest BCUT2D eigenvalue weighted by Gasteiger charge is 2.13. The first kappa shape index (κ1) is 17.9. The molecule has 2 heterocycles. The van der Waals surface area contributed by atoms with E-state index in [4.69, 9.17) is 9.47 Å². The monoisotopic (exact) mass is 375 g/mol. The second-order valence-corrected chi connectivity index (χ2v) is 6.42. The number of carbonyl (C=O) groups excluding carboxylic acids is 1. The lowest BCUT2D eigenvalue weighted by molar-refractivity contribution is 0.102. The van der Waals surface area contributed by atoms with Gasteiger partial charge in [-0.1, -0.05) is 19.1 Å². The lowest BCUT2D eigenvalue weighted by Gasteiger charge is -2.19. The molecule has 1 aliphatic heterocycles. The lowest BCUT2D eigenvalue weighted by Crippen LogP contribution is -2.16. The van der Waals surface area contributed by atoms with Crippen LogP contribution in [0.15, 0.2) is 60.8 Å².